The monoisotopic (exact) mass is 309 g/mol. The van der Waals surface area contributed by atoms with E-state index in [1.807, 2.05) is 0 Å². The highest BCUT2D eigenvalue weighted by molar-refractivity contribution is 7.92. The number of anilines is 1. The number of aromatic nitrogens is 2. The van der Waals surface area contributed by atoms with E-state index in [-0.39, 0.29) is 23.6 Å². The van der Waals surface area contributed by atoms with Gasteiger partial charge in [-0.1, -0.05) is 0 Å². The van der Waals surface area contributed by atoms with E-state index >= 15 is 0 Å². The summed E-state index contributed by atoms with van der Waals surface area (Å²) in [6.45, 7) is -0.163. The first kappa shape index (κ1) is 15.2. The van der Waals surface area contributed by atoms with E-state index in [1.54, 1.807) is 12.1 Å². The first-order valence-electron chi connectivity index (χ1n) is 6.12. The molecule has 0 fully saturated rings. The Hall–Kier alpha value is -2.19. The van der Waals surface area contributed by atoms with Crippen molar-refractivity contribution in [3.8, 4) is 5.75 Å². The largest absolute Gasteiger partial charge is 0.497 e. The minimum Gasteiger partial charge on any atom is -0.497 e. The summed E-state index contributed by atoms with van der Waals surface area (Å²) >= 11 is 0. The van der Waals surface area contributed by atoms with E-state index in [1.165, 1.54) is 31.9 Å². The van der Waals surface area contributed by atoms with Gasteiger partial charge in [0.2, 0.25) is 0 Å². The Morgan fingerprint density at radius 1 is 1.29 bits per heavy atom. The standard InChI is InChI=1S/C13H15N3O4S/c1-20-12-2-3-13(10(6-12)4-5-17)21(18,19)16-11-7-14-9-15-8-11/h2-3,6-9,16-17H,4-5H2,1H3. The van der Waals surface area contributed by atoms with E-state index in [0.29, 0.717) is 11.3 Å². The molecule has 0 bridgehead atoms. The number of benzene rings is 1. The van der Waals surface area contributed by atoms with Crippen LogP contribution in [0.2, 0.25) is 0 Å². The lowest BCUT2D eigenvalue weighted by molar-refractivity contribution is 0.298. The third-order valence-corrected chi connectivity index (χ3v) is 4.23. The van der Waals surface area contributed by atoms with Gasteiger partial charge in [-0.3, -0.25) is 4.72 Å². The van der Waals surface area contributed by atoms with Crippen molar-refractivity contribution in [2.75, 3.05) is 18.4 Å². The fraction of sp³-hybridized carbons (Fsp3) is 0.231. The molecule has 0 aliphatic carbocycles. The van der Waals surface area contributed by atoms with Crippen LogP contribution in [0.4, 0.5) is 5.69 Å². The molecule has 7 nitrogen and oxygen atoms in total. The van der Waals surface area contributed by atoms with E-state index in [9.17, 15) is 8.42 Å². The first-order valence-corrected chi connectivity index (χ1v) is 7.61. The van der Waals surface area contributed by atoms with Crippen molar-refractivity contribution in [3.63, 3.8) is 0 Å². The molecule has 0 aliphatic heterocycles. The summed E-state index contributed by atoms with van der Waals surface area (Å²) in [5, 5.41) is 9.09. The third kappa shape index (κ3) is 3.67. The zero-order valence-corrected chi connectivity index (χ0v) is 12.2. The Labute approximate surface area is 122 Å². The first-order chi connectivity index (χ1) is 10.1. The van der Waals surface area contributed by atoms with Crippen LogP contribution in [0.3, 0.4) is 0 Å². The normalized spacial score (nSPS) is 11.1. The van der Waals surface area contributed by atoms with Crippen molar-refractivity contribution in [2.24, 2.45) is 0 Å². The number of nitrogens with one attached hydrogen (secondary N) is 1. The second-order valence-electron chi connectivity index (χ2n) is 4.18. The van der Waals surface area contributed by atoms with Crippen molar-refractivity contribution in [1.29, 1.82) is 0 Å². The minimum absolute atomic E-state index is 0.0844. The molecular weight excluding hydrogens is 294 g/mol. The molecule has 0 saturated heterocycles. The van der Waals surface area contributed by atoms with Crippen molar-refractivity contribution >= 4 is 15.7 Å². The zero-order chi connectivity index (χ0) is 15.3. The van der Waals surface area contributed by atoms with Crippen LogP contribution in [0.15, 0.2) is 41.8 Å². The molecule has 112 valence electrons. The molecule has 8 heteroatoms. The maximum absolute atomic E-state index is 12.4. The van der Waals surface area contributed by atoms with Gasteiger partial charge in [-0.05, 0) is 30.2 Å². The third-order valence-electron chi connectivity index (χ3n) is 2.75. The second-order valence-corrected chi connectivity index (χ2v) is 5.83. The van der Waals surface area contributed by atoms with E-state index in [4.69, 9.17) is 9.84 Å². The Balaban J connectivity index is 2.39. The van der Waals surface area contributed by atoms with E-state index in [2.05, 4.69) is 14.7 Å². The highest BCUT2D eigenvalue weighted by Gasteiger charge is 2.19. The van der Waals surface area contributed by atoms with Gasteiger partial charge >= 0.3 is 0 Å². The maximum Gasteiger partial charge on any atom is 0.262 e. The zero-order valence-electron chi connectivity index (χ0n) is 11.4. The van der Waals surface area contributed by atoms with Crippen molar-refractivity contribution < 1.29 is 18.3 Å². The van der Waals surface area contributed by atoms with Crippen LogP contribution in [0, 0.1) is 0 Å². The lowest BCUT2D eigenvalue weighted by Crippen LogP contribution is -2.16. The number of methoxy groups -OCH3 is 1. The van der Waals surface area contributed by atoms with Crippen LogP contribution in [-0.2, 0) is 16.4 Å². The van der Waals surface area contributed by atoms with Crippen LogP contribution in [0.5, 0.6) is 5.75 Å². The average Bonchev–Trinajstić information content (AvgIpc) is 2.48. The molecule has 0 unspecified atom stereocenters. The molecule has 2 N–H and O–H groups in total. The van der Waals surface area contributed by atoms with Gasteiger partial charge in [-0.25, -0.2) is 18.4 Å². The molecule has 2 rings (SSSR count). The smallest absolute Gasteiger partial charge is 0.262 e. The number of ether oxygens (including phenoxy) is 1. The van der Waals surface area contributed by atoms with Gasteiger partial charge in [0, 0.05) is 6.61 Å². The van der Waals surface area contributed by atoms with Crippen LogP contribution in [-0.4, -0.2) is 37.2 Å². The molecule has 0 amide bonds. The highest BCUT2D eigenvalue weighted by Crippen LogP contribution is 2.24. The van der Waals surface area contributed by atoms with E-state index < -0.39 is 10.0 Å². The van der Waals surface area contributed by atoms with Gasteiger partial charge in [-0.2, -0.15) is 0 Å². The Morgan fingerprint density at radius 3 is 2.62 bits per heavy atom. The van der Waals surface area contributed by atoms with Gasteiger partial charge in [0.1, 0.15) is 12.1 Å². The summed E-state index contributed by atoms with van der Waals surface area (Å²) in [6.07, 6.45) is 4.24. The number of hydrogen-bond donors (Lipinski definition) is 2. The van der Waals surface area contributed by atoms with Crippen molar-refractivity contribution in [2.45, 2.75) is 11.3 Å². The number of rotatable bonds is 6. The number of hydrogen-bond acceptors (Lipinski definition) is 6. The van der Waals surface area contributed by atoms with Crippen molar-refractivity contribution in [1.82, 2.24) is 9.97 Å². The van der Waals surface area contributed by atoms with E-state index in [0.717, 1.165) is 0 Å². The van der Waals surface area contributed by atoms with Crippen LogP contribution >= 0.6 is 0 Å². The fourth-order valence-electron chi connectivity index (χ4n) is 1.82. The molecule has 0 saturated carbocycles. The highest BCUT2D eigenvalue weighted by atomic mass is 32.2. The quantitative estimate of drug-likeness (QED) is 0.819. The summed E-state index contributed by atoms with van der Waals surface area (Å²) in [6, 6.07) is 4.58. The predicted molar refractivity (Wildman–Crippen MR) is 76.6 cm³/mol. The molecule has 0 aliphatic rings. The fourth-order valence-corrected chi connectivity index (χ4v) is 3.10. The van der Waals surface area contributed by atoms with Gasteiger partial charge in [-0.15, -0.1) is 0 Å². The SMILES string of the molecule is COc1ccc(S(=O)(=O)Nc2cncnc2)c(CCO)c1. The van der Waals surface area contributed by atoms with Crippen molar-refractivity contribution in [3.05, 3.63) is 42.5 Å². The summed E-state index contributed by atoms with van der Waals surface area (Å²) < 4.78 is 32.3. The van der Waals surface area contributed by atoms with Gasteiger partial charge < -0.3 is 9.84 Å². The van der Waals surface area contributed by atoms with Crippen LogP contribution < -0.4 is 9.46 Å². The summed E-state index contributed by atoms with van der Waals surface area (Å²) in [7, 11) is -2.30. The summed E-state index contributed by atoms with van der Waals surface area (Å²) in [4.78, 5) is 7.59. The van der Waals surface area contributed by atoms with Crippen LogP contribution in [0.1, 0.15) is 5.56 Å². The Morgan fingerprint density at radius 2 is 2.00 bits per heavy atom. The average molecular weight is 309 g/mol. The molecule has 2 aromatic rings. The molecular formula is C13H15N3O4S. The topological polar surface area (TPSA) is 101 Å². The number of nitrogens with zero attached hydrogens (tertiary/aromatic N) is 2. The van der Waals surface area contributed by atoms with Gasteiger partial charge in [0.15, 0.2) is 0 Å². The molecule has 0 spiro atoms. The van der Waals surface area contributed by atoms with Gasteiger partial charge in [0.05, 0.1) is 30.1 Å². The minimum atomic E-state index is -3.79. The maximum atomic E-state index is 12.4. The Kier molecular flexibility index (Phi) is 4.71. The number of aliphatic hydroxyl groups excluding tert-OH is 1. The second kappa shape index (κ2) is 6.51. The molecule has 21 heavy (non-hydrogen) atoms. The predicted octanol–water partition coefficient (Wildman–Crippen LogP) is 0.821. The van der Waals surface area contributed by atoms with Gasteiger partial charge in [0.25, 0.3) is 10.0 Å². The molecule has 1 heterocycles. The number of sulfonamides is 1. The Bertz CT molecular complexity index is 705. The number of aliphatic hydroxyl groups is 1. The molecule has 1 aromatic heterocycles. The summed E-state index contributed by atoms with van der Waals surface area (Å²) in [5.41, 5.74) is 0.740. The molecule has 1 aromatic carbocycles. The lowest BCUT2D eigenvalue weighted by Gasteiger charge is -2.12. The summed E-state index contributed by atoms with van der Waals surface area (Å²) in [5.74, 6) is 0.528. The molecule has 0 radical (unpaired) electrons. The van der Waals surface area contributed by atoms with Crippen LogP contribution in [0.25, 0.3) is 0 Å². The lowest BCUT2D eigenvalue weighted by atomic mass is 10.1. The molecule has 0 atom stereocenters.